The Hall–Kier alpha value is -3.34. The van der Waals surface area contributed by atoms with E-state index in [0.717, 1.165) is 0 Å². The first kappa shape index (κ1) is 20.7. The molecule has 0 aromatic heterocycles. The average Bonchev–Trinajstić information content (AvgIpc) is 2.64. The summed E-state index contributed by atoms with van der Waals surface area (Å²) in [6, 6.07) is 8.25. The largest absolute Gasteiger partial charge is 0.481 e. The minimum absolute atomic E-state index is 0.103. The van der Waals surface area contributed by atoms with E-state index in [1.807, 2.05) is 0 Å². The van der Waals surface area contributed by atoms with Gasteiger partial charge >= 0.3 is 11.9 Å². The summed E-state index contributed by atoms with van der Waals surface area (Å²) in [5.41, 5.74) is 0.761. The van der Waals surface area contributed by atoms with Crippen LogP contribution in [0.5, 0.6) is 0 Å². The van der Waals surface area contributed by atoms with Crippen molar-refractivity contribution in [1.82, 2.24) is 5.32 Å². The summed E-state index contributed by atoms with van der Waals surface area (Å²) < 4.78 is 4.63. The van der Waals surface area contributed by atoms with Crippen molar-refractivity contribution in [3.63, 3.8) is 0 Å². The van der Waals surface area contributed by atoms with E-state index in [1.165, 1.54) is 19.4 Å². The normalized spacial score (nSPS) is 10.5. The highest BCUT2D eigenvalue weighted by Crippen LogP contribution is 2.12. The predicted octanol–water partition coefficient (Wildman–Crippen LogP) is 2.05. The molecule has 3 N–H and O–H groups in total. The summed E-state index contributed by atoms with van der Waals surface area (Å²) in [6.45, 7) is 0.356. The Balaban J connectivity index is 2.52. The number of unbranched alkanes of at least 4 members (excludes halogenated alkanes) is 2. The summed E-state index contributed by atoms with van der Waals surface area (Å²) in [4.78, 5) is 33.8. The van der Waals surface area contributed by atoms with Gasteiger partial charge in [-0.25, -0.2) is 4.79 Å². The second-order valence-corrected chi connectivity index (χ2v) is 5.35. The first-order valence-corrected chi connectivity index (χ1v) is 8.03. The van der Waals surface area contributed by atoms with Gasteiger partial charge in [-0.15, -0.1) is 0 Å². The average molecular weight is 359 g/mol. The maximum Gasteiger partial charge on any atom is 0.337 e. The van der Waals surface area contributed by atoms with Gasteiger partial charge in [0.2, 0.25) is 0 Å². The lowest BCUT2D eigenvalue weighted by molar-refractivity contribution is -0.137. The van der Waals surface area contributed by atoms with Crippen LogP contribution in [-0.4, -0.2) is 36.6 Å². The predicted molar refractivity (Wildman–Crippen MR) is 94.2 cm³/mol. The number of aliphatic carboxylic acids is 1. The molecule has 0 fully saturated rings. The fourth-order valence-electron chi connectivity index (χ4n) is 2.03. The third kappa shape index (κ3) is 7.49. The Morgan fingerprint density at radius 2 is 2.04 bits per heavy atom. The monoisotopic (exact) mass is 359 g/mol. The molecule has 0 saturated carbocycles. The third-order valence-corrected chi connectivity index (χ3v) is 3.38. The number of benzene rings is 1. The molecule has 1 amide bonds. The molecule has 0 atom stereocenters. The van der Waals surface area contributed by atoms with Crippen molar-refractivity contribution in [1.29, 1.82) is 5.26 Å². The topological polar surface area (TPSA) is 129 Å². The quantitative estimate of drug-likeness (QED) is 0.252. The fraction of sp³-hybridized carbons (Fsp3) is 0.333. The molecular formula is C18H21N3O5. The molecule has 26 heavy (non-hydrogen) atoms. The zero-order valence-electron chi connectivity index (χ0n) is 14.4. The number of carbonyl (C=O) groups is 3. The van der Waals surface area contributed by atoms with Gasteiger partial charge in [0.1, 0.15) is 11.6 Å². The second-order valence-electron chi connectivity index (χ2n) is 5.35. The van der Waals surface area contributed by atoms with E-state index in [-0.39, 0.29) is 12.0 Å². The van der Waals surface area contributed by atoms with Crippen LogP contribution < -0.4 is 10.6 Å². The Kier molecular flexibility index (Phi) is 8.96. The highest BCUT2D eigenvalue weighted by atomic mass is 16.5. The van der Waals surface area contributed by atoms with Gasteiger partial charge in [-0.05, 0) is 31.0 Å². The van der Waals surface area contributed by atoms with Crippen molar-refractivity contribution in [2.24, 2.45) is 0 Å². The number of hydrogen-bond acceptors (Lipinski definition) is 6. The number of esters is 1. The van der Waals surface area contributed by atoms with Crippen molar-refractivity contribution in [2.75, 3.05) is 19.0 Å². The SMILES string of the molecule is COC(=O)c1cccc(N/C=C(/C#N)C(=O)NCCCCCC(=O)O)c1. The Morgan fingerprint density at radius 3 is 2.69 bits per heavy atom. The Bertz CT molecular complexity index is 722. The molecule has 0 saturated heterocycles. The van der Waals surface area contributed by atoms with Gasteiger partial charge in [-0.3, -0.25) is 9.59 Å². The fourth-order valence-corrected chi connectivity index (χ4v) is 2.03. The van der Waals surface area contributed by atoms with Crippen molar-refractivity contribution in [3.8, 4) is 6.07 Å². The standard InChI is InChI=1S/C18H21N3O5/c1-26-18(25)13-6-5-7-15(10-13)21-12-14(11-19)17(24)20-9-4-2-3-8-16(22)23/h5-7,10,12,21H,2-4,8-9H2,1H3,(H,20,24)(H,22,23)/b14-12-. The minimum Gasteiger partial charge on any atom is -0.481 e. The summed E-state index contributed by atoms with van der Waals surface area (Å²) in [7, 11) is 1.28. The zero-order chi connectivity index (χ0) is 19.4. The molecule has 0 aliphatic rings. The van der Waals surface area contributed by atoms with Crippen LogP contribution >= 0.6 is 0 Å². The molecule has 138 valence electrons. The first-order chi connectivity index (χ1) is 12.5. The van der Waals surface area contributed by atoms with Crippen LogP contribution in [0.1, 0.15) is 36.0 Å². The molecule has 1 aromatic rings. The van der Waals surface area contributed by atoms with E-state index in [1.54, 1.807) is 24.3 Å². The number of nitrogens with one attached hydrogen (secondary N) is 2. The van der Waals surface area contributed by atoms with Gasteiger partial charge in [0.15, 0.2) is 0 Å². The molecule has 0 radical (unpaired) electrons. The molecule has 0 unspecified atom stereocenters. The van der Waals surface area contributed by atoms with E-state index < -0.39 is 17.8 Å². The number of carbonyl (C=O) groups excluding carboxylic acids is 2. The minimum atomic E-state index is -0.842. The van der Waals surface area contributed by atoms with Crippen LogP contribution in [0.4, 0.5) is 5.69 Å². The van der Waals surface area contributed by atoms with E-state index >= 15 is 0 Å². The molecule has 0 aliphatic carbocycles. The Morgan fingerprint density at radius 1 is 1.27 bits per heavy atom. The number of carboxylic acid groups (broad SMARTS) is 1. The molecule has 0 spiro atoms. The van der Waals surface area contributed by atoms with E-state index in [2.05, 4.69) is 15.4 Å². The summed E-state index contributed by atoms with van der Waals surface area (Å²) >= 11 is 0. The van der Waals surface area contributed by atoms with Crippen LogP contribution in [0.25, 0.3) is 0 Å². The summed E-state index contributed by atoms with van der Waals surface area (Å²) in [5.74, 6) is -1.85. The van der Waals surface area contributed by atoms with Crippen molar-refractivity contribution in [2.45, 2.75) is 25.7 Å². The smallest absolute Gasteiger partial charge is 0.337 e. The number of amides is 1. The van der Waals surface area contributed by atoms with Gasteiger partial charge < -0.3 is 20.5 Å². The first-order valence-electron chi connectivity index (χ1n) is 8.03. The van der Waals surface area contributed by atoms with Crippen LogP contribution in [0, 0.1) is 11.3 Å². The number of hydrogen-bond donors (Lipinski definition) is 3. The van der Waals surface area contributed by atoms with Crippen LogP contribution in [-0.2, 0) is 14.3 Å². The summed E-state index contributed by atoms with van der Waals surface area (Å²) in [6.07, 6.45) is 3.22. The lowest BCUT2D eigenvalue weighted by Gasteiger charge is -2.06. The van der Waals surface area contributed by atoms with Gasteiger partial charge in [0.25, 0.3) is 5.91 Å². The number of rotatable bonds is 10. The molecule has 0 bridgehead atoms. The lowest BCUT2D eigenvalue weighted by atomic mass is 10.2. The van der Waals surface area contributed by atoms with E-state index in [9.17, 15) is 14.4 Å². The van der Waals surface area contributed by atoms with Crippen LogP contribution in [0.15, 0.2) is 36.0 Å². The second kappa shape index (κ2) is 11.3. The molecule has 1 rings (SSSR count). The van der Waals surface area contributed by atoms with Gasteiger partial charge in [-0.1, -0.05) is 12.5 Å². The molecule has 8 heteroatoms. The highest BCUT2D eigenvalue weighted by molar-refractivity contribution is 5.97. The van der Waals surface area contributed by atoms with Gasteiger partial charge in [0, 0.05) is 24.9 Å². The molecule has 0 aliphatic heterocycles. The molecule has 0 heterocycles. The third-order valence-electron chi connectivity index (χ3n) is 3.38. The van der Waals surface area contributed by atoms with Crippen LogP contribution in [0.2, 0.25) is 0 Å². The van der Waals surface area contributed by atoms with Crippen molar-refractivity contribution >= 4 is 23.5 Å². The van der Waals surface area contributed by atoms with Crippen LogP contribution in [0.3, 0.4) is 0 Å². The van der Waals surface area contributed by atoms with Crippen molar-refractivity contribution in [3.05, 3.63) is 41.6 Å². The van der Waals surface area contributed by atoms with E-state index in [4.69, 9.17) is 10.4 Å². The molecule has 1 aromatic carbocycles. The highest BCUT2D eigenvalue weighted by Gasteiger charge is 2.09. The number of ether oxygens (including phenoxy) is 1. The van der Waals surface area contributed by atoms with Gasteiger partial charge in [0.05, 0.1) is 12.7 Å². The maximum absolute atomic E-state index is 11.9. The van der Waals surface area contributed by atoms with Crippen molar-refractivity contribution < 1.29 is 24.2 Å². The number of nitrogens with zero attached hydrogens (tertiary/aromatic N) is 1. The maximum atomic E-state index is 11.9. The number of nitriles is 1. The number of methoxy groups -OCH3 is 1. The summed E-state index contributed by atoms with van der Waals surface area (Å²) in [5, 5.41) is 23.0. The zero-order valence-corrected chi connectivity index (χ0v) is 14.4. The Labute approximate surface area is 151 Å². The number of carboxylic acids is 1. The van der Waals surface area contributed by atoms with Gasteiger partial charge in [-0.2, -0.15) is 5.26 Å². The molecule has 8 nitrogen and oxygen atoms in total. The number of anilines is 1. The lowest BCUT2D eigenvalue weighted by Crippen LogP contribution is -2.26. The molecular weight excluding hydrogens is 338 g/mol. The van der Waals surface area contributed by atoms with E-state index in [0.29, 0.717) is 37.1 Å².